The second-order valence-corrected chi connectivity index (χ2v) is 10.3. The number of fused-ring (bicyclic) bond motifs is 1. The third-order valence-electron chi connectivity index (χ3n) is 5.17. The number of carbonyl (C=O) groups excluding carboxylic acids is 2. The molecule has 2 aromatic carbocycles. The molecular formula is C24H25NO7S. The van der Waals surface area contributed by atoms with Crippen molar-refractivity contribution in [2.24, 2.45) is 0 Å². The Morgan fingerprint density at radius 1 is 1.06 bits per heavy atom. The minimum Gasteiger partial charge on any atom is -0.422 e. The molecule has 8 nitrogen and oxygen atoms in total. The van der Waals surface area contributed by atoms with E-state index in [0.29, 0.717) is 22.1 Å². The van der Waals surface area contributed by atoms with Gasteiger partial charge in [-0.05, 0) is 35.7 Å². The molecule has 3 aromatic rings. The summed E-state index contributed by atoms with van der Waals surface area (Å²) in [5.74, 6) is -0.295. The van der Waals surface area contributed by atoms with Crippen molar-refractivity contribution in [1.29, 1.82) is 0 Å². The van der Waals surface area contributed by atoms with Crippen molar-refractivity contribution in [2.75, 3.05) is 19.8 Å². The molecule has 0 aliphatic rings. The lowest BCUT2D eigenvalue weighted by Crippen LogP contribution is -2.25. The zero-order chi connectivity index (χ0) is 24.3. The number of ketones is 1. The van der Waals surface area contributed by atoms with Gasteiger partial charge in [-0.25, -0.2) is 18.0 Å². The maximum atomic E-state index is 13.0. The van der Waals surface area contributed by atoms with Gasteiger partial charge in [0, 0.05) is 37.7 Å². The smallest absolute Gasteiger partial charge is 0.414 e. The number of hydrogen-bond donors (Lipinski definition) is 0. The summed E-state index contributed by atoms with van der Waals surface area (Å²) in [6.45, 7) is 3.24. The van der Waals surface area contributed by atoms with Gasteiger partial charge in [0.25, 0.3) is 0 Å². The highest BCUT2D eigenvalue weighted by molar-refractivity contribution is 7.90. The van der Waals surface area contributed by atoms with Crippen LogP contribution in [-0.2, 0) is 22.0 Å². The Balaban J connectivity index is 1.90. The molecule has 9 heteroatoms. The number of aryl methyl sites for hydroxylation is 1. The lowest BCUT2D eigenvalue weighted by atomic mass is 9.98. The average Bonchev–Trinajstić information content (AvgIpc) is 2.73. The van der Waals surface area contributed by atoms with E-state index in [1.807, 2.05) is 0 Å². The average molecular weight is 472 g/mol. The zero-order valence-electron chi connectivity index (χ0n) is 18.9. The van der Waals surface area contributed by atoms with Crippen LogP contribution >= 0.6 is 0 Å². The topological polar surface area (TPSA) is 111 Å². The van der Waals surface area contributed by atoms with Crippen molar-refractivity contribution < 1.29 is 27.2 Å². The fourth-order valence-corrected chi connectivity index (χ4v) is 4.26. The number of amides is 1. The van der Waals surface area contributed by atoms with Crippen molar-refractivity contribution >= 4 is 32.7 Å². The molecular weight excluding hydrogens is 446 g/mol. The van der Waals surface area contributed by atoms with Gasteiger partial charge in [0.05, 0.1) is 5.75 Å². The third kappa shape index (κ3) is 5.67. The van der Waals surface area contributed by atoms with Crippen LogP contribution in [0.25, 0.3) is 11.0 Å². The molecule has 0 aliphatic heterocycles. The van der Waals surface area contributed by atoms with Crippen LogP contribution in [0.2, 0.25) is 0 Å². The first-order valence-corrected chi connectivity index (χ1v) is 12.1. The fraction of sp³-hybridized carbons (Fsp3) is 0.292. The van der Waals surface area contributed by atoms with Crippen LogP contribution in [0.15, 0.2) is 51.7 Å². The molecule has 1 heterocycles. The van der Waals surface area contributed by atoms with Gasteiger partial charge in [0.15, 0.2) is 15.6 Å². The number of Topliss-reactive ketones (excluding diaryl/α,β-unsaturated/α-hetero) is 1. The van der Waals surface area contributed by atoms with Crippen LogP contribution in [0.1, 0.15) is 34.0 Å². The maximum Gasteiger partial charge on any atom is 0.414 e. The Hall–Kier alpha value is -3.46. The number of rotatable bonds is 7. The van der Waals surface area contributed by atoms with Crippen LogP contribution in [0.4, 0.5) is 4.79 Å². The van der Waals surface area contributed by atoms with Crippen molar-refractivity contribution in [2.45, 2.75) is 26.0 Å². The van der Waals surface area contributed by atoms with E-state index in [1.165, 1.54) is 11.0 Å². The highest BCUT2D eigenvalue weighted by atomic mass is 32.2. The maximum absolute atomic E-state index is 13.0. The summed E-state index contributed by atoms with van der Waals surface area (Å²) < 4.78 is 34.4. The molecule has 174 valence electrons. The van der Waals surface area contributed by atoms with E-state index in [-0.39, 0.29) is 34.8 Å². The van der Waals surface area contributed by atoms with Gasteiger partial charge in [-0.3, -0.25) is 4.79 Å². The van der Waals surface area contributed by atoms with Gasteiger partial charge in [0.2, 0.25) is 0 Å². The molecule has 1 aromatic heterocycles. The normalized spacial score (nSPS) is 11.4. The van der Waals surface area contributed by atoms with E-state index in [4.69, 9.17) is 9.15 Å². The summed E-state index contributed by atoms with van der Waals surface area (Å²) in [5.41, 5.74) is 1.00. The molecule has 0 atom stereocenters. The Morgan fingerprint density at radius 3 is 2.42 bits per heavy atom. The summed E-state index contributed by atoms with van der Waals surface area (Å²) >= 11 is 0. The number of ether oxygens (including phenoxy) is 1. The lowest BCUT2D eigenvalue weighted by Gasteiger charge is -2.12. The first kappa shape index (κ1) is 24.2. The van der Waals surface area contributed by atoms with E-state index < -0.39 is 27.3 Å². The quantitative estimate of drug-likeness (QED) is 0.383. The predicted octanol–water partition coefficient (Wildman–Crippen LogP) is 3.52. The largest absolute Gasteiger partial charge is 0.422 e. The van der Waals surface area contributed by atoms with Crippen LogP contribution in [0.5, 0.6) is 5.75 Å². The molecule has 0 N–H and O–H groups in total. The minimum absolute atomic E-state index is 0.0313. The van der Waals surface area contributed by atoms with Crippen molar-refractivity contribution in [3.8, 4) is 5.75 Å². The van der Waals surface area contributed by atoms with Gasteiger partial charge in [0.1, 0.15) is 16.9 Å². The first-order valence-electron chi connectivity index (χ1n) is 10.3. The number of benzene rings is 2. The molecule has 0 saturated heterocycles. The van der Waals surface area contributed by atoms with E-state index in [2.05, 4.69) is 0 Å². The van der Waals surface area contributed by atoms with Gasteiger partial charge in [-0.15, -0.1) is 0 Å². The van der Waals surface area contributed by atoms with E-state index in [0.717, 1.165) is 0 Å². The number of nitrogens with zero attached hydrogens (tertiary/aromatic N) is 1. The highest BCUT2D eigenvalue weighted by Gasteiger charge is 2.20. The van der Waals surface area contributed by atoms with E-state index >= 15 is 0 Å². The van der Waals surface area contributed by atoms with E-state index in [1.54, 1.807) is 64.3 Å². The molecule has 0 fully saturated rings. The Morgan fingerprint density at radius 2 is 1.76 bits per heavy atom. The summed E-state index contributed by atoms with van der Waals surface area (Å²) in [7, 11) is -0.116. The first-order chi connectivity index (χ1) is 15.5. The number of sulfone groups is 1. The SMILES string of the molecule is CCS(=O)(=O)Cc1cccc(CC(=O)c2c(C)c3ccc(OC(=O)N(C)C)cc3oc2=O)c1. The molecule has 33 heavy (non-hydrogen) atoms. The second-order valence-electron chi connectivity index (χ2n) is 7.91. The van der Waals surface area contributed by atoms with Gasteiger partial charge < -0.3 is 14.1 Å². The molecule has 0 bridgehead atoms. The standard InChI is InChI=1S/C24H25NO7S/c1-5-33(29,30)14-17-8-6-7-16(11-17)12-20(26)22-15(2)19-10-9-18(31-24(28)25(3)4)13-21(19)32-23(22)27/h6-11,13H,5,12,14H2,1-4H3. The predicted molar refractivity (Wildman–Crippen MR) is 125 cm³/mol. The van der Waals surface area contributed by atoms with Gasteiger partial charge >= 0.3 is 11.7 Å². The van der Waals surface area contributed by atoms with Crippen molar-refractivity contribution in [1.82, 2.24) is 4.90 Å². The second kappa shape index (κ2) is 9.58. The van der Waals surface area contributed by atoms with Crippen molar-refractivity contribution in [3.05, 3.63) is 75.1 Å². The molecule has 1 amide bonds. The van der Waals surface area contributed by atoms with Crippen LogP contribution in [0.3, 0.4) is 0 Å². The molecule has 0 aliphatic carbocycles. The summed E-state index contributed by atoms with van der Waals surface area (Å²) in [4.78, 5) is 38.6. The molecule has 3 rings (SSSR count). The molecule has 0 spiro atoms. The molecule has 0 unspecified atom stereocenters. The Labute approximate surface area is 191 Å². The Bertz CT molecular complexity index is 1390. The molecule has 0 saturated carbocycles. The van der Waals surface area contributed by atoms with Crippen molar-refractivity contribution in [3.63, 3.8) is 0 Å². The summed E-state index contributed by atoms with van der Waals surface area (Å²) in [5, 5.41) is 0.547. The van der Waals surface area contributed by atoms with Gasteiger partial charge in [-0.1, -0.05) is 31.2 Å². The summed E-state index contributed by atoms with van der Waals surface area (Å²) in [6, 6.07) is 11.4. The Kier molecular flexibility index (Phi) is 7.02. The van der Waals surface area contributed by atoms with Gasteiger partial charge in [-0.2, -0.15) is 0 Å². The zero-order valence-corrected chi connectivity index (χ0v) is 19.7. The monoisotopic (exact) mass is 471 g/mol. The van der Waals surface area contributed by atoms with E-state index in [9.17, 15) is 22.8 Å². The minimum atomic E-state index is -3.21. The van der Waals surface area contributed by atoms with Crippen LogP contribution in [-0.4, -0.2) is 45.0 Å². The number of hydrogen-bond acceptors (Lipinski definition) is 7. The van der Waals surface area contributed by atoms with Crippen LogP contribution < -0.4 is 10.4 Å². The fourth-order valence-electron chi connectivity index (χ4n) is 3.37. The third-order valence-corrected chi connectivity index (χ3v) is 6.82. The number of carbonyl (C=O) groups is 2. The van der Waals surface area contributed by atoms with Crippen LogP contribution in [0, 0.1) is 6.92 Å². The highest BCUT2D eigenvalue weighted by Crippen LogP contribution is 2.25. The molecule has 0 radical (unpaired) electrons. The lowest BCUT2D eigenvalue weighted by molar-refractivity contribution is 0.0989. The summed E-state index contributed by atoms with van der Waals surface area (Å²) in [6.07, 6.45) is -0.649.